The van der Waals surface area contributed by atoms with E-state index >= 15 is 0 Å². The molecule has 1 aromatic rings. The Bertz CT molecular complexity index is 466. The van der Waals surface area contributed by atoms with E-state index in [9.17, 15) is 0 Å². The fourth-order valence-electron chi connectivity index (χ4n) is 2.11. The van der Waals surface area contributed by atoms with Gasteiger partial charge in [-0.2, -0.15) is 0 Å². The highest BCUT2D eigenvalue weighted by atomic mass is 16.4. The van der Waals surface area contributed by atoms with Crippen LogP contribution in [0.2, 0.25) is 0 Å². The summed E-state index contributed by atoms with van der Waals surface area (Å²) in [5.41, 5.74) is 2.90. The lowest BCUT2D eigenvalue weighted by molar-refractivity contribution is 0.316. The third-order valence-corrected chi connectivity index (χ3v) is 3.05. The first-order valence-electron chi connectivity index (χ1n) is 6.04. The van der Waals surface area contributed by atoms with E-state index in [-0.39, 0.29) is 0 Å². The molecule has 2 rings (SSSR count). The number of hydrogen-bond acceptors (Lipinski definition) is 4. The molecule has 4 nitrogen and oxygen atoms in total. The number of benzene rings is 1. The van der Waals surface area contributed by atoms with Crippen molar-refractivity contribution in [1.82, 2.24) is 0 Å². The Balaban J connectivity index is 2.44. The summed E-state index contributed by atoms with van der Waals surface area (Å²) >= 11 is 0. The Morgan fingerprint density at radius 1 is 0.889 bits per heavy atom. The number of hydrogen-bond donors (Lipinski definition) is 2. The van der Waals surface area contributed by atoms with E-state index in [0.717, 1.165) is 24.0 Å². The van der Waals surface area contributed by atoms with Gasteiger partial charge in [0.25, 0.3) is 0 Å². The van der Waals surface area contributed by atoms with Gasteiger partial charge in [-0.25, -0.2) is 0 Å². The second kappa shape index (κ2) is 6.00. The number of rotatable bonds is 1. The Hall–Kier alpha value is -2.10. The van der Waals surface area contributed by atoms with Crippen LogP contribution in [0.4, 0.5) is 0 Å². The number of oxime groups is 2. The lowest BCUT2D eigenvalue weighted by Gasteiger charge is -2.06. The minimum atomic E-state index is 0.587. The highest BCUT2D eigenvalue weighted by Crippen LogP contribution is 2.21. The van der Waals surface area contributed by atoms with Crippen molar-refractivity contribution < 1.29 is 10.4 Å². The number of nitrogens with zero attached hydrogens (tertiary/aromatic N) is 2. The highest BCUT2D eigenvalue weighted by molar-refractivity contribution is 6.27. The van der Waals surface area contributed by atoms with Gasteiger partial charge < -0.3 is 10.4 Å². The molecule has 0 atom stereocenters. The van der Waals surface area contributed by atoms with Gasteiger partial charge in [0.05, 0.1) is 11.4 Å². The molecule has 1 aliphatic carbocycles. The quantitative estimate of drug-likeness (QED) is 0.452. The summed E-state index contributed by atoms with van der Waals surface area (Å²) in [6, 6.07) is 9.74. The predicted octanol–water partition coefficient (Wildman–Crippen LogP) is 3.30. The fourth-order valence-corrected chi connectivity index (χ4v) is 2.11. The molecule has 1 saturated carbocycles. The molecular formula is C14H16N2O2. The maximum atomic E-state index is 9.09. The Labute approximate surface area is 106 Å². The molecule has 0 heterocycles. The average molecular weight is 244 g/mol. The van der Waals surface area contributed by atoms with Gasteiger partial charge in [-0.15, -0.1) is 0 Å². The molecule has 0 radical (unpaired) electrons. The molecule has 1 aromatic carbocycles. The molecule has 2 N–H and O–H groups in total. The smallest absolute Gasteiger partial charge is 0.0887 e. The van der Waals surface area contributed by atoms with Crippen LogP contribution < -0.4 is 0 Å². The summed E-state index contributed by atoms with van der Waals surface area (Å²) in [7, 11) is 0. The monoisotopic (exact) mass is 244 g/mol. The first-order chi connectivity index (χ1) is 8.85. The summed E-state index contributed by atoms with van der Waals surface area (Å²) in [6.07, 6.45) is 5.17. The van der Waals surface area contributed by atoms with Crippen molar-refractivity contribution in [3.8, 4) is 0 Å². The zero-order valence-corrected chi connectivity index (χ0v) is 10.1. The zero-order chi connectivity index (χ0) is 12.8. The van der Waals surface area contributed by atoms with Crippen molar-refractivity contribution in [2.75, 3.05) is 0 Å². The van der Waals surface area contributed by atoms with Crippen LogP contribution in [0.25, 0.3) is 6.08 Å². The molecule has 94 valence electrons. The normalized spacial score (nSPS) is 23.4. The van der Waals surface area contributed by atoms with Crippen LogP contribution in [0.1, 0.15) is 31.2 Å². The van der Waals surface area contributed by atoms with Crippen LogP contribution in [0.5, 0.6) is 0 Å². The van der Waals surface area contributed by atoms with Gasteiger partial charge in [-0.3, -0.25) is 0 Å². The van der Waals surface area contributed by atoms with Crippen molar-refractivity contribution in [2.24, 2.45) is 10.3 Å². The molecule has 4 heteroatoms. The van der Waals surface area contributed by atoms with E-state index in [4.69, 9.17) is 10.4 Å². The van der Waals surface area contributed by atoms with E-state index in [1.54, 1.807) is 0 Å². The van der Waals surface area contributed by atoms with Crippen LogP contribution in [0.3, 0.4) is 0 Å². The average Bonchev–Trinajstić information content (AvgIpc) is 2.62. The third-order valence-electron chi connectivity index (χ3n) is 3.05. The van der Waals surface area contributed by atoms with E-state index < -0.39 is 0 Å². The topological polar surface area (TPSA) is 65.2 Å². The van der Waals surface area contributed by atoms with Crippen LogP contribution >= 0.6 is 0 Å². The molecule has 0 aromatic heterocycles. The number of allylic oxidation sites excluding steroid dienone is 1. The zero-order valence-electron chi connectivity index (χ0n) is 10.1. The molecule has 0 unspecified atom stereocenters. The Morgan fingerprint density at radius 2 is 1.44 bits per heavy atom. The standard InChI is InChI=1S/C14H16N2O2/c17-15-13-8-4-5-9-14(16-18)12(13)10-11-6-2-1-3-7-11/h1-3,6-7,10,17-18H,4-5,8-9H2/b12-10-,15-13?,16-14+. The minimum absolute atomic E-state index is 0.587. The first kappa shape index (κ1) is 12.4. The maximum Gasteiger partial charge on any atom is 0.0887 e. The van der Waals surface area contributed by atoms with Gasteiger partial charge in [-0.1, -0.05) is 40.6 Å². The van der Waals surface area contributed by atoms with E-state index in [1.165, 1.54) is 0 Å². The molecule has 1 fully saturated rings. The van der Waals surface area contributed by atoms with Crippen molar-refractivity contribution >= 4 is 17.5 Å². The summed E-state index contributed by atoms with van der Waals surface area (Å²) in [6.45, 7) is 0. The maximum absolute atomic E-state index is 9.09. The molecule has 0 saturated heterocycles. The SMILES string of the molecule is ON=C1CCCCC(=N\O)/C1=C\c1ccccc1. The van der Waals surface area contributed by atoms with E-state index in [0.29, 0.717) is 24.3 Å². The summed E-state index contributed by atoms with van der Waals surface area (Å²) in [4.78, 5) is 0. The Kier molecular flexibility index (Phi) is 4.12. The third kappa shape index (κ3) is 2.77. The second-order valence-corrected chi connectivity index (χ2v) is 4.27. The lowest BCUT2D eigenvalue weighted by Crippen LogP contribution is -2.10. The molecule has 0 bridgehead atoms. The molecule has 0 amide bonds. The highest BCUT2D eigenvalue weighted by Gasteiger charge is 2.19. The minimum Gasteiger partial charge on any atom is -0.411 e. The van der Waals surface area contributed by atoms with Crippen LogP contribution in [0.15, 0.2) is 46.2 Å². The van der Waals surface area contributed by atoms with E-state index in [2.05, 4.69) is 10.3 Å². The van der Waals surface area contributed by atoms with Crippen LogP contribution in [-0.4, -0.2) is 21.8 Å². The fraction of sp³-hybridized carbons (Fsp3) is 0.286. The molecule has 18 heavy (non-hydrogen) atoms. The van der Waals surface area contributed by atoms with Crippen LogP contribution in [0, 0.1) is 0 Å². The van der Waals surface area contributed by atoms with Crippen molar-refractivity contribution in [3.05, 3.63) is 41.5 Å². The van der Waals surface area contributed by atoms with Crippen LogP contribution in [-0.2, 0) is 0 Å². The van der Waals surface area contributed by atoms with Gasteiger partial charge >= 0.3 is 0 Å². The van der Waals surface area contributed by atoms with Gasteiger partial charge in [0.15, 0.2) is 0 Å². The molecule has 1 aliphatic rings. The van der Waals surface area contributed by atoms with Gasteiger partial charge in [0.2, 0.25) is 0 Å². The summed E-state index contributed by atoms with van der Waals surface area (Å²) < 4.78 is 0. The Morgan fingerprint density at radius 3 is 1.94 bits per heavy atom. The molecule has 0 spiro atoms. The predicted molar refractivity (Wildman–Crippen MR) is 71.3 cm³/mol. The van der Waals surface area contributed by atoms with Crippen molar-refractivity contribution in [1.29, 1.82) is 0 Å². The second-order valence-electron chi connectivity index (χ2n) is 4.27. The van der Waals surface area contributed by atoms with Crippen molar-refractivity contribution in [2.45, 2.75) is 25.7 Å². The molecular weight excluding hydrogens is 228 g/mol. The molecule has 0 aliphatic heterocycles. The lowest BCUT2D eigenvalue weighted by atomic mass is 10.0. The van der Waals surface area contributed by atoms with Gasteiger partial charge in [-0.05, 0) is 37.3 Å². The summed E-state index contributed by atoms with van der Waals surface area (Å²) in [5.74, 6) is 0. The largest absolute Gasteiger partial charge is 0.411 e. The van der Waals surface area contributed by atoms with Crippen molar-refractivity contribution in [3.63, 3.8) is 0 Å². The van der Waals surface area contributed by atoms with Gasteiger partial charge in [0.1, 0.15) is 0 Å². The van der Waals surface area contributed by atoms with E-state index in [1.807, 2.05) is 36.4 Å². The first-order valence-corrected chi connectivity index (χ1v) is 6.04. The summed E-state index contributed by atoms with van der Waals surface area (Å²) in [5, 5.41) is 24.9. The van der Waals surface area contributed by atoms with Gasteiger partial charge in [0, 0.05) is 5.57 Å².